The van der Waals surface area contributed by atoms with Gasteiger partial charge >= 0.3 is 11.9 Å². The zero-order valence-electron chi connectivity index (χ0n) is 8.75. The molecule has 8 heteroatoms. The summed E-state index contributed by atoms with van der Waals surface area (Å²) in [5.74, 6) is -2.97. The number of primary amides is 1. The molecule has 0 saturated heterocycles. The molecule has 0 saturated carbocycles. The van der Waals surface area contributed by atoms with Crippen molar-refractivity contribution in [3.63, 3.8) is 0 Å². The van der Waals surface area contributed by atoms with E-state index in [1.54, 1.807) is 0 Å². The van der Waals surface area contributed by atoms with Crippen molar-refractivity contribution in [3.8, 4) is 0 Å². The third kappa shape index (κ3) is 4.71. The first-order valence-corrected chi connectivity index (χ1v) is 4.48. The summed E-state index contributed by atoms with van der Waals surface area (Å²) in [7, 11) is 0. The normalized spacial score (nSPS) is 15.9. The minimum atomic E-state index is -1.34. The molecule has 16 heavy (non-hydrogen) atoms. The Kier molecular flexibility index (Phi) is 5.40. The monoisotopic (exact) mass is 233 g/mol. The van der Waals surface area contributed by atoms with Crippen LogP contribution in [-0.2, 0) is 19.1 Å². The summed E-state index contributed by atoms with van der Waals surface area (Å²) in [4.78, 5) is 32.1. The van der Waals surface area contributed by atoms with Crippen molar-refractivity contribution in [1.82, 2.24) is 0 Å². The van der Waals surface area contributed by atoms with Crippen LogP contribution in [0.25, 0.3) is 0 Å². The number of aliphatic carboxylic acids is 1. The number of hydrogen-bond donors (Lipinski definition) is 4. The molecule has 7 N–H and O–H groups in total. The number of carboxylic acids is 1. The van der Waals surface area contributed by atoms with Gasteiger partial charge in [0.2, 0.25) is 5.91 Å². The Bertz CT molecular complexity index is 293. The molecule has 0 aromatic heterocycles. The number of carbonyl (C=O) groups is 3. The fraction of sp³-hybridized carbons (Fsp3) is 0.625. The lowest BCUT2D eigenvalue weighted by molar-refractivity contribution is -0.155. The first kappa shape index (κ1) is 14.3. The van der Waals surface area contributed by atoms with Crippen LogP contribution in [0.1, 0.15) is 13.3 Å². The van der Waals surface area contributed by atoms with Crippen molar-refractivity contribution in [2.45, 2.75) is 31.5 Å². The lowest BCUT2D eigenvalue weighted by Crippen LogP contribution is -2.45. The fourth-order valence-electron chi connectivity index (χ4n) is 0.845. The van der Waals surface area contributed by atoms with Crippen LogP contribution in [0.5, 0.6) is 0 Å². The second-order valence-corrected chi connectivity index (χ2v) is 3.28. The minimum Gasteiger partial charge on any atom is -0.480 e. The molecule has 0 heterocycles. The molecular weight excluding hydrogens is 218 g/mol. The summed E-state index contributed by atoms with van der Waals surface area (Å²) < 4.78 is 4.66. The number of ether oxygens (including phenoxy) is 1. The molecule has 0 aromatic carbocycles. The van der Waals surface area contributed by atoms with Gasteiger partial charge in [0.1, 0.15) is 18.2 Å². The summed E-state index contributed by atoms with van der Waals surface area (Å²) in [5.41, 5.74) is 15.3. The highest BCUT2D eigenvalue weighted by atomic mass is 16.5. The van der Waals surface area contributed by atoms with Crippen molar-refractivity contribution in [2.75, 3.05) is 0 Å². The third-order valence-corrected chi connectivity index (χ3v) is 1.82. The second-order valence-electron chi connectivity index (χ2n) is 3.28. The molecule has 0 spiro atoms. The van der Waals surface area contributed by atoms with Crippen molar-refractivity contribution < 1.29 is 24.2 Å². The highest BCUT2D eigenvalue weighted by Gasteiger charge is 2.26. The third-order valence-electron chi connectivity index (χ3n) is 1.82. The minimum absolute atomic E-state index is 0.367. The van der Waals surface area contributed by atoms with Gasteiger partial charge in [0.15, 0.2) is 0 Å². The molecule has 0 radical (unpaired) electrons. The van der Waals surface area contributed by atoms with E-state index in [2.05, 4.69) is 4.74 Å². The van der Waals surface area contributed by atoms with Crippen LogP contribution in [0.4, 0.5) is 0 Å². The van der Waals surface area contributed by atoms with Crippen LogP contribution in [0, 0.1) is 0 Å². The molecule has 0 bridgehead atoms. The van der Waals surface area contributed by atoms with Crippen LogP contribution in [0.3, 0.4) is 0 Å². The average Bonchev–Trinajstić information content (AvgIpc) is 2.14. The van der Waals surface area contributed by atoms with Gasteiger partial charge < -0.3 is 27.0 Å². The largest absolute Gasteiger partial charge is 0.480 e. The number of hydrogen-bond acceptors (Lipinski definition) is 6. The molecule has 3 atom stereocenters. The molecule has 0 aliphatic rings. The number of carboxylic acid groups (broad SMARTS) is 1. The zero-order chi connectivity index (χ0) is 12.9. The predicted molar refractivity (Wildman–Crippen MR) is 53.0 cm³/mol. The number of rotatable bonds is 6. The van der Waals surface area contributed by atoms with Crippen molar-refractivity contribution in [1.29, 1.82) is 0 Å². The maximum absolute atomic E-state index is 11.2. The van der Waals surface area contributed by atoms with E-state index in [0.717, 1.165) is 0 Å². The van der Waals surface area contributed by atoms with Gasteiger partial charge in [-0.2, -0.15) is 0 Å². The smallest absolute Gasteiger partial charge is 0.324 e. The van der Waals surface area contributed by atoms with Gasteiger partial charge in [0.25, 0.3) is 0 Å². The Balaban J connectivity index is 4.23. The lowest BCUT2D eigenvalue weighted by Gasteiger charge is -2.18. The molecule has 3 unspecified atom stereocenters. The van der Waals surface area contributed by atoms with Crippen LogP contribution < -0.4 is 17.2 Å². The molecule has 0 aliphatic carbocycles. The molecule has 0 aromatic rings. The van der Waals surface area contributed by atoms with Gasteiger partial charge in [-0.15, -0.1) is 0 Å². The summed E-state index contributed by atoms with van der Waals surface area (Å²) in [6.45, 7) is 1.31. The lowest BCUT2D eigenvalue weighted by atomic mass is 10.2. The SMILES string of the molecule is CC(OC(=O)C(N)CC(N)=O)C(N)C(=O)O. The van der Waals surface area contributed by atoms with E-state index in [-0.39, 0.29) is 6.42 Å². The van der Waals surface area contributed by atoms with Crippen molar-refractivity contribution in [2.24, 2.45) is 17.2 Å². The van der Waals surface area contributed by atoms with E-state index in [1.807, 2.05) is 0 Å². The van der Waals surface area contributed by atoms with Gasteiger partial charge in [-0.25, -0.2) is 0 Å². The Morgan fingerprint density at radius 2 is 1.81 bits per heavy atom. The van der Waals surface area contributed by atoms with E-state index < -0.39 is 36.0 Å². The van der Waals surface area contributed by atoms with Gasteiger partial charge in [-0.1, -0.05) is 0 Å². The Labute approximate surface area is 91.7 Å². The van der Waals surface area contributed by atoms with Crippen molar-refractivity contribution >= 4 is 17.8 Å². The highest BCUT2D eigenvalue weighted by Crippen LogP contribution is 2.00. The Hall–Kier alpha value is -1.67. The molecular formula is C8H15N3O5. The van der Waals surface area contributed by atoms with Crippen LogP contribution >= 0.6 is 0 Å². The van der Waals surface area contributed by atoms with E-state index in [4.69, 9.17) is 22.3 Å². The second kappa shape index (κ2) is 6.03. The van der Waals surface area contributed by atoms with E-state index in [1.165, 1.54) is 6.92 Å². The predicted octanol–water partition coefficient (Wildman–Crippen LogP) is -2.47. The zero-order valence-corrected chi connectivity index (χ0v) is 8.75. The molecule has 0 fully saturated rings. The topological polar surface area (TPSA) is 159 Å². The maximum Gasteiger partial charge on any atom is 0.324 e. The van der Waals surface area contributed by atoms with Crippen molar-refractivity contribution in [3.05, 3.63) is 0 Å². The van der Waals surface area contributed by atoms with E-state index >= 15 is 0 Å². The van der Waals surface area contributed by atoms with Crippen LogP contribution in [0.15, 0.2) is 0 Å². The molecule has 8 nitrogen and oxygen atoms in total. The number of nitrogens with two attached hydrogens (primary N) is 3. The Morgan fingerprint density at radius 1 is 1.31 bits per heavy atom. The first-order valence-electron chi connectivity index (χ1n) is 4.48. The maximum atomic E-state index is 11.2. The first-order chi connectivity index (χ1) is 7.25. The number of esters is 1. The quantitative estimate of drug-likeness (QED) is 0.370. The fourth-order valence-corrected chi connectivity index (χ4v) is 0.845. The van der Waals surface area contributed by atoms with Gasteiger partial charge in [0.05, 0.1) is 6.42 Å². The molecule has 92 valence electrons. The van der Waals surface area contributed by atoms with E-state index in [9.17, 15) is 14.4 Å². The van der Waals surface area contributed by atoms with Gasteiger partial charge in [-0.05, 0) is 6.92 Å². The summed E-state index contributed by atoms with van der Waals surface area (Å²) >= 11 is 0. The summed E-state index contributed by atoms with van der Waals surface area (Å²) in [5, 5.41) is 8.53. The average molecular weight is 233 g/mol. The highest BCUT2D eigenvalue weighted by molar-refractivity contribution is 5.84. The molecule has 1 amide bonds. The van der Waals surface area contributed by atoms with Crippen LogP contribution in [0.2, 0.25) is 0 Å². The Morgan fingerprint density at radius 3 is 2.19 bits per heavy atom. The van der Waals surface area contributed by atoms with Crippen LogP contribution in [-0.4, -0.2) is 41.1 Å². The van der Waals surface area contributed by atoms with E-state index in [0.29, 0.717) is 0 Å². The number of amides is 1. The molecule has 0 rings (SSSR count). The number of carbonyl (C=O) groups excluding carboxylic acids is 2. The summed E-state index contributed by atoms with van der Waals surface area (Å²) in [6, 6.07) is -2.55. The summed E-state index contributed by atoms with van der Waals surface area (Å²) in [6.07, 6.45) is -1.41. The van der Waals surface area contributed by atoms with Gasteiger partial charge in [0, 0.05) is 0 Å². The molecule has 0 aliphatic heterocycles. The van der Waals surface area contributed by atoms with Gasteiger partial charge in [-0.3, -0.25) is 14.4 Å². The standard InChI is InChI=1S/C8H15N3O5/c1-3(6(11)7(13)14)16-8(15)4(9)2-5(10)12/h3-4,6H,2,9,11H2,1H3,(H2,10,12)(H,13,14).